The van der Waals surface area contributed by atoms with Crippen molar-refractivity contribution in [2.24, 2.45) is 7.05 Å². The van der Waals surface area contributed by atoms with Crippen LogP contribution in [0, 0.1) is 5.82 Å². The fourth-order valence-electron chi connectivity index (χ4n) is 4.24. The van der Waals surface area contributed by atoms with Crippen LogP contribution in [0.3, 0.4) is 0 Å². The van der Waals surface area contributed by atoms with E-state index in [-0.39, 0.29) is 17.6 Å². The van der Waals surface area contributed by atoms with Gasteiger partial charge < -0.3 is 20.1 Å². The molecule has 0 bridgehead atoms. The van der Waals surface area contributed by atoms with Crippen molar-refractivity contribution in [3.8, 4) is 0 Å². The molecule has 3 aromatic rings. The number of aryl methyl sites for hydroxylation is 1. The van der Waals surface area contributed by atoms with Crippen molar-refractivity contribution in [1.82, 2.24) is 4.57 Å². The minimum absolute atomic E-state index is 0.127. The smallest absolute Gasteiger partial charge is 0.279 e. The number of anilines is 2. The van der Waals surface area contributed by atoms with Crippen LogP contribution in [-0.4, -0.2) is 29.5 Å². The monoisotopic (exact) mass is 421 g/mol. The standard InChI is InChI=1S/C24H25FN4O2/c1-28-14-4-8-21(28)22-9-5-15-29(22)16-23(30)27-20-7-3-2-6-19(20)24(31)26-18-12-10-17(25)11-13-18/h2-4,6-8,10-14,22H,5,9,15-16H2,1H3,(H,26,31)(H,27,30)/p+1/t22-/m0/s1. The fraction of sp³-hybridized carbons (Fsp3) is 0.250. The van der Waals surface area contributed by atoms with Gasteiger partial charge in [-0.1, -0.05) is 12.1 Å². The van der Waals surface area contributed by atoms with E-state index in [4.69, 9.17) is 0 Å². The highest BCUT2D eigenvalue weighted by Gasteiger charge is 2.33. The second-order valence-corrected chi connectivity index (χ2v) is 7.88. The maximum absolute atomic E-state index is 13.1. The van der Waals surface area contributed by atoms with E-state index in [1.165, 1.54) is 34.9 Å². The van der Waals surface area contributed by atoms with E-state index >= 15 is 0 Å². The summed E-state index contributed by atoms with van der Waals surface area (Å²) in [5.74, 6) is -0.862. The number of halogens is 1. The molecule has 4 rings (SSSR count). The Morgan fingerprint density at radius 3 is 2.58 bits per heavy atom. The minimum Gasteiger partial charge on any atom is -0.350 e. The number of carbonyl (C=O) groups excluding carboxylic acids is 2. The highest BCUT2D eigenvalue weighted by molar-refractivity contribution is 6.10. The van der Waals surface area contributed by atoms with Gasteiger partial charge in [-0.3, -0.25) is 9.59 Å². The number of benzene rings is 2. The van der Waals surface area contributed by atoms with Crippen LogP contribution in [0.1, 0.15) is 34.9 Å². The van der Waals surface area contributed by atoms with Gasteiger partial charge >= 0.3 is 0 Å². The first-order valence-corrected chi connectivity index (χ1v) is 10.4. The molecule has 1 aromatic heterocycles. The SMILES string of the molecule is Cn1cccc1[C@@H]1CCC[NH+]1CC(=O)Nc1ccccc1C(=O)Nc1ccc(F)cc1. The predicted molar refractivity (Wildman–Crippen MR) is 118 cm³/mol. The van der Waals surface area contributed by atoms with Crippen molar-refractivity contribution in [2.75, 3.05) is 23.7 Å². The van der Waals surface area contributed by atoms with Gasteiger partial charge in [-0.25, -0.2) is 4.39 Å². The number of nitrogens with zero attached hydrogens (tertiary/aromatic N) is 1. The van der Waals surface area contributed by atoms with Crippen LogP contribution in [0.25, 0.3) is 0 Å². The maximum atomic E-state index is 13.1. The first-order valence-electron chi connectivity index (χ1n) is 10.4. The molecule has 2 amide bonds. The Kier molecular flexibility index (Phi) is 6.13. The summed E-state index contributed by atoms with van der Waals surface area (Å²) in [6.07, 6.45) is 4.16. The Bertz CT molecular complexity index is 1080. The van der Waals surface area contributed by atoms with Crippen molar-refractivity contribution >= 4 is 23.2 Å². The molecule has 0 radical (unpaired) electrons. The molecule has 3 N–H and O–H groups in total. The average molecular weight is 421 g/mol. The largest absolute Gasteiger partial charge is 0.350 e. The molecule has 1 aliphatic rings. The van der Waals surface area contributed by atoms with Crippen molar-refractivity contribution < 1.29 is 18.9 Å². The lowest BCUT2D eigenvalue weighted by atomic mass is 10.1. The summed E-state index contributed by atoms with van der Waals surface area (Å²) in [5.41, 5.74) is 2.54. The zero-order chi connectivity index (χ0) is 21.8. The van der Waals surface area contributed by atoms with Crippen molar-refractivity contribution in [3.63, 3.8) is 0 Å². The summed E-state index contributed by atoms with van der Waals surface area (Å²) < 4.78 is 15.2. The number of carbonyl (C=O) groups is 2. The second kappa shape index (κ2) is 9.14. The summed E-state index contributed by atoms with van der Waals surface area (Å²) in [6, 6.07) is 16.9. The third-order valence-corrected chi connectivity index (χ3v) is 5.76. The summed E-state index contributed by atoms with van der Waals surface area (Å²) in [6.45, 7) is 1.28. The molecule has 1 unspecified atom stereocenters. The second-order valence-electron chi connectivity index (χ2n) is 7.88. The van der Waals surface area contributed by atoms with E-state index < -0.39 is 0 Å². The highest BCUT2D eigenvalue weighted by Crippen LogP contribution is 2.20. The molecule has 31 heavy (non-hydrogen) atoms. The quantitative estimate of drug-likeness (QED) is 0.573. The number of hydrogen-bond acceptors (Lipinski definition) is 2. The van der Waals surface area contributed by atoms with Crippen LogP contribution < -0.4 is 15.5 Å². The van der Waals surface area contributed by atoms with Gasteiger partial charge in [-0.15, -0.1) is 0 Å². The molecule has 0 spiro atoms. The highest BCUT2D eigenvalue weighted by atomic mass is 19.1. The van der Waals surface area contributed by atoms with Crippen LogP contribution in [0.2, 0.25) is 0 Å². The molecule has 1 fully saturated rings. The van der Waals surface area contributed by atoms with Crippen molar-refractivity contribution in [2.45, 2.75) is 18.9 Å². The molecule has 6 nitrogen and oxygen atoms in total. The zero-order valence-corrected chi connectivity index (χ0v) is 17.4. The normalized spacial score (nSPS) is 18.0. The number of rotatable bonds is 6. The Balaban J connectivity index is 1.43. The van der Waals surface area contributed by atoms with Gasteiger partial charge in [0.1, 0.15) is 11.9 Å². The number of nitrogens with one attached hydrogen (secondary N) is 3. The Morgan fingerprint density at radius 1 is 1.06 bits per heavy atom. The van der Waals surface area contributed by atoms with Gasteiger partial charge in [0.05, 0.1) is 23.5 Å². The number of para-hydroxylation sites is 1. The lowest BCUT2D eigenvalue weighted by Gasteiger charge is -2.22. The molecular weight excluding hydrogens is 395 g/mol. The number of likely N-dealkylation sites (tertiary alicyclic amines) is 1. The molecule has 7 heteroatoms. The molecule has 0 aliphatic carbocycles. The van der Waals surface area contributed by atoms with Crippen LogP contribution in [-0.2, 0) is 11.8 Å². The minimum atomic E-state index is -0.372. The van der Waals surface area contributed by atoms with Gasteiger partial charge in [0.15, 0.2) is 6.54 Å². The summed E-state index contributed by atoms with van der Waals surface area (Å²) in [4.78, 5) is 26.8. The van der Waals surface area contributed by atoms with Gasteiger partial charge in [-0.2, -0.15) is 0 Å². The topological polar surface area (TPSA) is 67.6 Å². The van der Waals surface area contributed by atoms with E-state index in [0.717, 1.165) is 19.4 Å². The first kappa shape index (κ1) is 20.8. The van der Waals surface area contributed by atoms with Crippen molar-refractivity contribution in [1.29, 1.82) is 0 Å². The predicted octanol–water partition coefficient (Wildman–Crippen LogP) is 2.77. The summed E-state index contributed by atoms with van der Waals surface area (Å²) >= 11 is 0. The van der Waals surface area contributed by atoms with E-state index in [9.17, 15) is 14.0 Å². The Morgan fingerprint density at radius 2 is 1.84 bits per heavy atom. The number of quaternary nitrogens is 1. The third-order valence-electron chi connectivity index (χ3n) is 5.76. The molecule has 1 aliphatic heterocycles. The first-order chi connectivity index (χ1) is 15.0. The molecule has 2 heterocycles. The molecular formula is C24H26FN4O2+. The third kappa shape index (κ3) is 4.83. The van der Waals surface area contributed by atoms with E-state index in [0.29, 0.717) is 29.5 Å². The lowest BCUT2D eigenvalue weighted by Crippen LogP contribution is -3.11. The number of hydrogen-bond donors (Lipinski definition) is 3. The van der Waals surface area contributed by atoms with Crippen LogP contribution in [0.5, 0.6) is 0 Å². The summed E-state index contributed by atoms with van der Waals surface area (Å²) in [5, 5.41) is 5.65. The fourth-order valence-corrected chi connectivity index (χ4v) is 4.24. The average Bonchev–Trinajstić information content (AvgIpc) is 3.38. The maximum Gasteiger partial charge on any atom is 0.279 e. The van der Waals surface area contributed by atoms with E-state index in [1.54, 1.807) is 24.3 Å². The molecule has 1 saturated heterocycles. The summed E-state index contributed by atoms with van der Waals surface area (Å²) in [7, 11) is 2.03. The van der Waals surface area contributed by atoms with E-state index in [2.05, 4.69) is 21.3 Å². The molecule has 2 aromatic carbocycles. The van der Waals surface area contributed by atoms with E-state index in [1.807, 2.05) is 19.3 Å². The van der Waals surface area contributed by atoms with Gasteiger partial charge in [-0.05, 0) is 48.5 Å². The van der Waals surface area contributed by atoms with Gasteiger partial charge in [0, 0.05) is 31.8 Å². The number of amides is 2. The molecule has 2 atom stereocenters. The van der Waals surface area contributed by atoms with Crippen LogP contribution >= 0.6 is 0 Å². The van der Waals surface area contributed by atoms with Gasteiger partial charge in [0.2, 0.25) is 0 Å². The Hall–Kier alpha value is -3.45. The number of aromatic nitrogens is 1. The zero-order valence-electron chi connectivity index (χ0n) is 17.4. The van der Waals surface area contributed by atoms with Crippen molar-refractivity contribution in [3.05, 3.63) is 83.9 Å². The Labute approximate surface area is 180 Å². The van der Waals surface area contributed by atoms with Crippen LogP contribution in [0.15, 0.2) is 66.9 Å². The molecule has 0 saturated carbocycles. The van der Waals surface area contributed by atoms with Crippen LogP contribution in [0.4, 0.5) is 15.8 Å². The lowest BCUT2D eigenvalue weighted by molar-refractivity contribution is -0.910. The molecule has 160 valence electrons. The van der Waals surface area contributed by atoms with Gasteiger partial charge in [0.25, 0.3) is 11.8 Å².